The lowest BCUT2D eigenvalue weighted by Crippen LogP contribution is -2.12. The van der Waals surface area contributed by atoms with E-state index in [1.165, 1.54) is 30.0 Å². The van der Waals surface area contributed by atoms with Crippen LogP contribution >= 0.6 is 11.8 Å². The van der Waals surface area contributed by atoms with Gasteiger partial charge in [0.15, 0.2) is 0 Å². The van der Waals surface area contributed by atoms with Crippen LogP contribution in [0.15, 0.2) is 45.3 Å². The number of benzene rings is 1. The van der Waals surface area contributed by atoms with Crippen molar-refractivity contribution in [1.29, 1.82) is 0 Å². The normalized spacial score (nSPS) is 11.7. The second-order valence-electron chi connectivity index (χ2n) is 3.70. The van der Waals surface area contributed by atoms with Gasteiger partial charge in [0.05, 0.1) is 16.0 Å². The topological polar surface area (TPSA) is 104 Å². The fourth-order valence-electron chi connectivity index (χ4n) is 1.36. The summed E-state index contributed by atoms with van der Waals surface area (Å²) >= 11 is 1.34. The fourth-order valence-corrected chi connectivity index (χ4v) is 2.90. The third-order valence-electron chi connectivity index (χ3n) is 2.22. The smallest absolute Gasteiger partial charge is 0.238 e. The van der Waals surface area contributed by atoms with Gasteiger partial charge in [0.1, 0.15) is 0 Å². The number of primary sulfonamides is 1. The second kappa shape index (κ2) is 4.63. The van der Waals surface area contributed by atoms with E-state index in [0.717, 1.165) is 4.90 Å². The molecule has 2 rings (SSSR count). The monoisotopic (exact) mass is 284 g/mol. The molecule has 0 fully saturated rings. The molecule has 0 atom stereocenters. The van der Waals surface area contributed by atoms with Crippen molar-refractivity contribution in [3.63, 3.8) is 0 Å². The van der Waals surface area contributed by atoms with Gasteiger partial charge in [0, 0.05) is 23.8 Å². The molecule has 0 spiro atoms. The van der Waals surface area contributed by atoms with Gasteiger partial charge in [-0.05, 0) is 18.2 Å². The maximum Gasteiger partial charge on any atom is 0.238 e. The maximum absolute atomic E-state index is 11.3. The molecule has 0 bridgehead atoms. The molecule has 0 saturated heterocycles. The molecular weight excluding hydrogens is 272 g/mol. The van der Waals surface area contributed by atoms with E-state index in [0.29, 0.717) is 10.6 Å². The molecule has 0 saturated carbocycles. The van der Waals surface area contributed by atoms with E-state index < -0.39 is 10.0 Å². The molecule has 0 radical (unpaired) electrons. The predicted octanol–water partition coefficient (Wildman–Crippen LogP) is 0.801. The van der Waals surface area contributed by atoms with E-state index in [1.54, 1.807) is 17.9 Å². The van der Waals surface area contributed by atoms with Crippen molar-refractivity contribution in [2.24, 2.45) is 12.2 Å². The molecule has 4 N–H and O–H groups in total. The van der Waals surface area contributed by atoms with Crippen molar-refractivity contribution in [2.45, 2.75) is 14.7 Å². The van der Waals surface area contributed by atoms with Gasteiger partial charge in [0.25, 0.3) is 0 Å². The Bertz CT molecular complexity index is 679. The highest BCUT2D eigenvalue weighted by Crippen LogP contribution is 2.33. The number of anilines is 1. The number of hydrogen-bond acceptors (Lipinski definition) is 5. The number of nitrogen functional groups attached to an aromatic ring is 1. The van der Waals surface area contributed by atoms with Gasteiger partial charge < -0.3 is 5.73 Å². The van der Waals surface area contributed by atoms with Gasteiger partial charge in [-0.15, -0.1) is 0 Å². The average molecular weight is 284 g/mol. The summed E-state index contributed by atoms with van der Waals surface area (Å²) in [6.07, 6.45) is 3.49. The van der Waals surface area contributed by atoms with Crippen LogP contribution in [0.25, 0.3) is 0 Å². The molecule has 0 aliphatic heterocycles. The van der Waals surface area contributed by atoms with E-state index in [2.05, 4.69) is 5.10 Å². The summed E-state index contributed by atoms with van der Waals surface area (Å²) in [5.74, 6) is 0. The zero-order chi connectivity index (χ0) is 13.3. The maximum atomic E-state index is 11.3. The Balaban J connectivity index is 2.38. The first kappa shape index (κ1) is 12.9. The summed E-state index contributed by atoms with van der Waals surface area (Å²) in [6, 6.07) is 4.37. The molecule has 8 heteroatoms. The predicted molar refractivity (Wildman–Crippen MR) is 69.6 cm³/mol. The van der Waals surface area contributed by atoms with Gasteiger partial charge in [0.2, 0.25) is 10.0 Å². The minimum absolute atomic E-state index is 0.0445. The quantitative estimate of drug-likeness (QED) is 0.811. The van der Waals surface area contributed by atoms with Crippen molar-refractivity contribution < 1.29 is 8.42 Å². The van der Waals surface area contributed by atoms with Crippen LogP contribution < -0.4 is 10.9 Å². The van der Waals surface area contributed by atoms with E-state index in [4.69, 9.17) is 10.9 Å². The Morgan fingerprint density at radius 1 is 1.39 bits per heavy atom. The van der Waals surface area contributed by atoms with E-state index >= 15 is 0 Å². The van der Waals surface area contributed by atoms with E-state index in [1.807, 2.05) is 6.20 Å². The van der Waals surface area contributed by atoms with Crippen molar-refractivity contribution in [3.05, 3.63) is 30.6 Å². The molecule has 18 heavy (non-hydrogen) atoms. The molecular formula is C10H12N4O2S2. The highest BCUT2D eigenvalue weighted by molar-refractivity contribution is 7.99. The summed E-state index contributed by atoms with van der Waals surface area (Å²) in [6.45, 7) is 0. The highest BCUT2D eigenvalue weighted by Gasteiger charge is 2.11. The Morgan fingerprint density at radius 3 is 2.67 bits per heavy atom. The fraction of sp³-hybridized carbons (Fsp3) is 0.100. The molecule has 6 nitrogen and oxygen atoms in total. The number of hydrogen-bond donors (Lipinski definition) is 2. The zero-order valence-electron chi connectivity index (χ0n) is 9.57. The Morgan fingerprint density at radius 2 is 2.11 bits per heavy atom. The molecule has 0 unspecified atom stereocenters. The summed E-state index contributed by atoms with van der Waals surface area (Å²) in [4.78, 5) is 1.55. The number of rotatable bonds is 3. The Kier molecular flexibility index (Phi) is 3.33. The molecule has 0 aliphatic carbocycles. The van der Waals surface area contributed by atoms with Crippen molar-refractivity contribution >= 4 is 27.5 Å². The van der Waals surface area contributed by atoms with Crippen LogP contribution in [0.1, 0.15) is 0 Å². The number of nitrogens with zero attached hydrogens (tertiary/aromatic N) is 2. The van der Waals surface area contributed by atoms with Crippen LogP contribution in [0.4, 0.5) is 5.69 Å². The van der Waals surface area contributed by atoms with Crippen LogP contribution in [0.5, 0.6) is 0 Å². The van der Waals surface area contributed by atoms with Gasteiger partial charge in [-0.25, -0.2) is 13.6 Å². The SMILES string of the molecule is Cn1cc(Sc2cc(S(N)(=O)=O)ccc2N)cn1. The largest absolute Gasteiger partial charge is 0.398 e. The van der Waals surface area contributed by atoms with Gasteiger partial charge in [-0.1, -0.05) is 11.8 Å². The minimum atomic E-state index is -3.72. The van der Waals surface area contributed by atoms with Crippen LogP contribution in [0.2, 0.25) is 0 Å². The summed E-state index contributed by atoms with van der Waals surface area (Å²) < 4.78 is 24.2. The van der Waals surface area contributed by atoms with Gasteiger partial charge in [-0.2, -0.15) is 5.10 Å². The lowest BCUT2D eigenvalue weighted by atomic mass is 10.3. The Labute approximate surface area is 109 Å². The van der Waals surface area contributed by atoms with Crippen LogP contribution in [-0.4, -0.2) is 18.2 Å². The lowest BCUT2D eigenvalue weighted by Gasteiger charge is -2.05. The van der Waals surface area contributed by atoms with Crippen LogP contribution in [0, 0.1) is 0 Å². The third kappa shape index (κ3) is 2.84. The van der Waals surface area contributed by atoms with E-state index in [9.17, 15) is 8.42 Å². The summed E-state index contributed by atoms with van der Waals surface area (Å²) in [7, 11) is -1.92. The minimum Gasteiger partial charge on any atom is -0.398 e. The first-order valence-electron chi connectivity index (χ1n) is 4.95. The zero-order valence-corrected chi connectivity index (χ0v) is 11.2. The van der Waals surface area contributed by atoms with Gasteiger partial charge >= 0.3 is 0 Å². The number of nitrogens with two attached hydrogens (primary N) is 2. The van der Waals surface area contributed by atoms with E-state index in [-0.39, 0.29) is 4.90 Å². The first-order chi connectivity index (χ1) is 8.36. The molecule has 1 aromatic carbocycles. The van der Waals surface area contributed by atoms with Gasteiger partial charge in [-0.3, -0.25) is 4.68 Å². The molecule has 0 aliphatic rings. The summed E-state index contributed by atoms with van der Waals surface area (Å²) in [5.41, 5.74) is 6.30. The van der Waals surface area contributed by atoms with Crippen molar-refractivity contribution in [2.75, 3.05) is 5.73 Å². The standard InChI is InChI=1S/C10H12N4O2S2/c1-14-6-7(5-13-14)17-10-4-8(18(12,15)16)2-3-9(10)11/h2-6H,11H2,1H3,(H2,12,15,16). The highest BCUT2D eigenvalue weighted by atomic mass is 32.2. The first-order valence-corrected chi connectivity index (χ1v) is 7.31. The van der Waals surface area contributed by atoms with Crippen molar-refractivity contribution in [3.8, 4) is 0 Å². The molecule has 1 aromatic heterocycles. The number of aryl methyl sites for hydroxylation is 1. The van der Waals surface area contributed by atoms with Crippen molar-refractivity contribution in [1.82, 2.24) is 9.78 Å². The molecule has 96 valence electrons. The lowest BCUT2D eigenvalue weighted by molar-refractivity contribution is 0.597. The molecule has 1 heterocycles. The van der Waals surface area contributed by atoms with Crippen LogP contribution in [0.3, 0.4) is 0 Å². The third-order valence-corrected chi connectivity index (χ3v) is 4.15. The average Bonchev–Trinajstić information content (AvgIpc) is 2.66. The molecule has 2 aromatic rings. The number of aromatic nitrogens is 2. The van der Waals surface area contributed by atoms with Crippen LogP contribution in [-0.2, 0) is 17.1 Å². The summed E-state index contributed by atoms with van der Waals surface area (Å²) in [5, 5.41) is 9.10. The Hall–Kier alpha value is -1.51. The molecule has 0 amide bonds. The number of sulfonamides is 1. The second-order valence-corrected chi connectivity index (χ2v) is 6.37.